The summed E-state index contributed by atoms with van der Waals surface area (Å²) in [6, 6.07) is 24.7. The van der Waals surface area contributed by atoms with E-state index in [0.717, 1.165) is 11.3 Å². The molecule has 1 fully saturated rings. The third-order valence-corrected chi connectivity index (χ3v) is 8.63. The second kappa shape index (κ2) is 10.2. The molecule has 0 radical (unpaired) electrons. The Morgan fingerprint density at radius 3 is 2.31 bits per heavy atom. The first-order valence-electron chi connectivity index (χ1n) is 12.1. The molecule has 5 rings (SSSR count). The lowest BCUT2D eigenvalue weighted by Gasteiger charge is -2.37. The molecule has 3 aromatic carbocycles. The van der Waals surface area contributed by atoms with Crippen LogP contribution in [0.15, 0.2) is 83.8 Å². The number of carbonyl (C=O) groups is 1. The lowest BCUT2D eigenvalue weighted by Crippen LogP contribution is -2.41. The van der Waals surface area contributed by atoms with E-state index in [4.69, 9.17) is 4.74 Å². The number of benzene rings is 3. The van der Waals surface area contributed by atoms with Gasteiger partial charge in [0.25, 0.3) is 5.91 Å². The van der Waals surface area contributed by atoms with E-state index in [-0.39, 0.29) is 17.6 Å². The number of anilines is 1. The highest BCUT2D eigenvalue weighted by Crippen LogP contribution is 2.33. The van der Waals surface area contributed by atoms with Crippen LogP contribution in [0.3, 0.4) is 0 Å². The number of morpholine rings is 1. The van der Waals surface area contributed by atoms with Crippen molar-refractivity contribution >= 4 is 21.4 Å². The molecule has 3 aromatic rings. The zero-order valence-electron chi connectivity index (χ0n) is 19.7. The van der Waals surface area contributed by atoms with Crippen LogP contribution >= 0.6 is 0 Å². The molecule has 7 heteroatoms. The normalized spacial score (nSPS) is 18.2. The third-order valence-electron chi connectivity index (χ3n) is 6.73. The highest BCUT2D eigenvalue weighted by atomic mass is 32.2. The van der Waals surface area contributed by atoms with Crippen LogP contribution in [0.5, 0.6) is 0 Å². The van der Waals surface area contributed by atoms with E-state index in [9.17, 15) is 13.2 Å². The standard InChI is InChI=1S/C28H30N2O4S/c31-28(29-13-15-34-16-14-29)24-11-12-27-25(18-24)17-23(20-30(27)19-22-7-3-1-4-8-22)21-35(32,33)26-9-5-2-6-10-26/h1-12,18,23H,13-17,19-21H2. The number of nitrogens with zero attached hydrogens (tertiary/aromatic N) is 2. The van der Waals surface area contributed by atoms with Crippen molar-refractivity contribution in [2.75, 3.05) is 43.5 Å². The minimum absolute atomic E-state index is 0.00439. The van der Waals surface area contributed by atoms with Gasteiger partial charge in [0.15, 0.2) is 9.84 Å². The molecule has 6 nitrogen and oxygen atoms in total. The monoisotopic (exact) mass is 490 g/mol. The lowest BCUT2D eigenvalue weighted by molar-refractivity contribution is 0.0303. The molecule has 182 valence electrons. The molecular formula is C28H30N2O4S. The van der Waals surface area contributed by atoms with Crippen LogP contribution in [0.1, 0.15) is 21.5 Å². The predicted molar refractivity (Wildman–Crippen MR) is 136 cm³/mol. The maximum atomic E-state index is 13.2. The van der Waals surface area contributed by atoms with Gasteiger partial charge in [0.2, 0.25) is 0 Å². The molecule has 2 heterocycles. The molecule has 1 atom stereocenters. The first kappa shape index (κ1) is 23.6. The summed E-state index contributed by atoms with van der Waals surface area (Å²) in [5.41, 5.74) is 3.91. The molecule has 1 amide bonds. The first-order valence-corrected chi connectivity index (χ1v) is 13.7. The molecule has 35 heavy (non-hydrogen) atoms. The van der Waals surface area contributed by atoms with Crippen LogP contribution in [0, 0.1) is 5.92 Å². The second-order valence-corrected chi connectivity index (χ2v) is 11.3. The van der Waals surface area contributed by atoms with Crippen LogP contribution in [-0.2, 0) is 27.5 Å². The average Bonchev–Trinajstić information content (AvgIpc) is 2.89. The Morgan fingerprint density at radius 2 is 1.60 bits per heavy atom. The van der Waals surface area contributed by atoms with Gasteiger partial charge in [-0.25, -0.2) is 8.42 Å². The van der Waals surface area contributed by atoms with Crippen molar-refractivity contribution in [3.63, 3.8) is 0 Å². The fraction of sp³-hybridized carbons (Fsp3) is 0.321. The molecule has 0 aromatic heterocycles. The van der Waals surface area contributed by atoms with Crippen LogP contribution in [0.4, 0.5) is 5.69 Å². The Labute approximate surface area is 207 Å². The minimum atomic E-state index is -3.42. The van der Waals surface area contributed by atoms with Gasteiger partial charge in [-0.2, -0.15) is 0 Å². The summed E-state index contributed by atoms with van der Waals surface area (Å²) in [6.45, 7) is 3.63. The summed E-state index contributed by atoms with van der Waals surface area (Å²) in [5, 5.41) is 0. The summed E-state index contributed by atoms with van der Waals surface area (Å²) in [6.07, 6.45) is 0.622. The largest absolute Gasteiger partial charge is 0.378 e. The van der Waals surface area contributed by atoms with Crippen LogP contribution in [0.2, 0.25) is 0 Å². The molecule has 1 unspecified atom stereocenters. The number of sulfone groups is 1. The summed E-state index contributed by atoms with van der Waals surface area (Å²) in [7, 11) is -3.42. The van der Waals surface area contributed by atoms with Crippen LogP contribution < -0.4 is 4.90 Å². The van der Waals surface area contributed by atoms with Gasteiger partial charge < -0.3 is 14.5 Å². The van der Waals surface area contributed by atoms with Gasteiger partial charge in [0, 0.05) is 37.4 Å². The van der Waals surface area contributed by atoms with Gasteiger partial charge >= 0.3 is 0 Å². The minimum Gasteiger partial charge on any atom is -0.378 e. The maximum absolute atomic E-state index is 13.2. The summed E-state index contributed by atoms with van der Waals surface area (Å²) < 4.78 is 31.7. The van der Waals surface area contributed by atoms with E-state index in [0.29, 0.717) is 56.3 Å². The van der Waals surface area contributed by atoms with Gasteiger partial charge in [0.1, 0.15) is 0 Å². The summed E-state index contributed by atoms with van der Waals surface area (Å²) in [5.74, 6) is -0.00137. The van der Waals surface area contributed by atoms with E-state index in [2.05, 4.69) is 17.0 Å². The molecule has 1 saturated heterocycles. The Morgan fingerprint density at radius 1 is 0.914 bits per heavy atom. The first-order chi connectivity index (χ1) is 17.0. The Kier molecular flexibility index (Phi) is 6.88. The fourth-order valence-electron chi connectivity index (χ4n) is 5.02. The van der Waals surface area contributed by atoms with Crippen molar-refractivity contribution in [2.24, 2.45) is 5.92 Å². The van der Waals surface area contributed by atoms with Crippen molar-refractivity contribution in [3.8, 4) is 0 Å². The number of hydrogen-bond donors (Lipinski definition) is 0. The van der Waals surface area contributed by atoms with E-state index in [1.54, 1.807) is 24.3 Å². The highest BCUT2D eigenvalue weighted by Gasteiger charge is 2.30. The number of ether oxygens (including phenoxy) is 1. The third kappa shape index (κ3) is 5.41. The SMILES string of the molecule is O=C(c1ccc2c(c1)CC(CS(=O)(=O)c1ccccc1)CN2Cc1ccccc1)N1CCOCC1. The van der Waals surface area contributed by atoms with Crippen LogP contribution in [-0.4, -0.2) is 57.8 Å². The summed E-state index contributed by atoms with van der Waals surface area (Å²) >= 11 is 0. The zero-order valence-corrected chi connectivity index (χ0v) is 20.5. The topological polar surface area (TPSA) is 66.9 Å². The Bertz CT molecular complexity index is 1270. The van der Waals surface area contributed by atoms with Crippen molar-refractivity contribution < 1.29 is 17.9 Å². The molecule has 0 spiro atoms. The second-order valence-electron chi connectivity index (χ2n) is 9.28. The molecular weight excluding hydrogens is 460 g/mol. The van der Waals surface area contributed by atoms with E-state index >= 15 is 0 Å². The molecule has 0 aliphatic carbocycles. The van der Waals surface area contributed by atoms with E-state index < -0.39 is 9.84 Å². The molecule has 0 saturated carbocycles. The smallest absolute Gasteiger partial charge is 0.254 e. The van der Waals surface area contributed by atoms with Gasteiger partial charge in [0.05, 0.1) is 23.9 Å². The Balaban J connectivity index is 1.44. The predicted octanol–water partition coefficient (Wildman–Crippen LogP) is 3.81. The fourth-order valence-corrected chi connectivity index (χ4v) is 6.63. The van der Waals surface area contributed by atoms with Crippen molar-refractivity contribution in [3.05, 3.63) is 95.6 Å². The maximum Gasteiger partial charge on any atom is 0.254 e. The Hall–Kier alpha value is -3.16. The molecule has 0 N–H and O–H groups in total. The molecule has 2 aliphatic heterocycles. The number of carbonyl (C=O) groups excluding carboxylic acids is 1. The van der Waals surface area contributed by atoms with Crippen molar-refractivity contribution in [1.82, 2.24) is 4.90 Å². The zero-order chi connectivity index (χ0) is 24.3. The van der Waals surface area contributed by atoms with Crippen LogP contribution in [0.25, 0.3) is 0 Å². The average molecular weight is 491 g/mol. The van der Waals surface area contributed by atoms with Gasteiger partial charge in [-0.1, -0.05) is 48.5 Å². The number of fused-ring (bicyclic) bond motifs is 1. The number of rotatable bonds is 6. The van der Waals surface area contributed by atoms with Gasteiger partial charge in [-0.05, 0) is 53.8 Å². The number of hydrogen-bond acceptors (Lipinski definition) is 5. The van der Waals surface area contributed by atoms with E-state index in [1.165, 1.54) is 5.56 Å². The molecule has 0 bridgehead atoms. The summed E-state index contributed by atoms with van der Waals surface area (Å²) in [4.78, 5) is 17.6. The van der Waals surface area contributed by atoms with Crippen molar-refractivity contribution in [1.29, 1.82) is 0 Å². The highest BCUT2D eigenvalue weighted by molar-refractivity contribution is 7.91. The number of amides is 1. The van der Waals surface area contributed by atoms with Gasteiger partial charge in [-0.3, -0.25) is 4.79 Å². The van der Waals surface area contributed by atoms with Gasteiger partial charge in [-0.15, -0.1) is 0 Å². The van der Waals surface area contributed by atoms with E-state index in [1.807, 2.05) is 47.4 Å². The molecule has 2 aliphatic rings. The van der Waals surface area contributed by atoms with Crippen molar-refractivity contribution in [2.45, 2.75) is 17.9 Å². The quantitative estimate of drug-likeness (QED) is 0.526. The lowest BCUT2D eigenvalue weighted by atomic mass is 9.91.